The predicted octanol–water partition coefficient (Wildman–Crippen LogP) is 3.22. The minimum absolute atomic E-state index is 0.217. The van der Waals surface area contributed by atoms with E-state index in [0.717, 1.165) is 12.1 Å². The second kappa shape index (κ2) is 6.12. The van der Waals surface area contributed by atoms with Crippen LogP contribution in [-0.2, 0) is 11.2 Å². The summed E-state index contributed by atoms with van der Waals surface area (Å²) in [6.45, 7) is 3.73. The summed E-state index contributed by atoms with van der Waals surface area (Å²) in [4.78, 5) is 24.2. The van der Waals surface area contributed by atoms with Crippen molar-refractivity contribution in [2.75, 3.05) is 10.6 Å². The fraction of sp³-hybridized carbons (Fsp3) is 0.222. The number of hydrogen-bond acceptors (Lipinski definition) is 3. The van der Waals surface area contributed by atoms with Gasteiger partial charge < -0.3 is 15.4 Å². The molecule has 5 heteroatoms. The van der Waals surface area contributed by atoms with Crippen LogP contribution in [-0.4, -0.2) is 17.9 Å². The number of rotatable bonds is 3. The van der Waals surface area contributed by atoms with Crippen LogP contribution in [0.3, 0.4) is 0 Å². The Balaban J connectivity index is 1.85. The lowest BCUT2D eigenvalue weighted by Crippen LogP contribution is -2.35. The standard InChI is InChI=1S/C18H18N2O3/c1-3-12-7-9-13(10-8-12)19-18(22)14-5-4-6-15-16(14)23-11(2)17(21)20-15/h4-11H,3H2,1-2H3,(H,19,22)(H,20,21). The van der Waals surface area contributed by atoms with Crippen molar-refractivity contribution < 1.29 is 14.3 Å². The van der Waals surface area contributed by atoms with Gasteiger partial charge in [-0.15, -0.1) is 0 Å². The third-order valence-electron chi connectivity index (χ3n) is 3.80. The van der Waals surface area contributed by atoms with Crippen molar-refractivity contribution in [3.8, 4) is 5.75 Å². The van der Waals surface area contributed by atoms with E-state index in [1.54, 1.807) is 25.1 Å². The van der Waals surface area contributed by atoms with Crippen LogP contribution in [0.15, 0.2) is 42.5 Å². The molecule has 2 N–H and O–H groups in total. The summed E-state index contributed by atoms with van der Waals surface area (Å²) in [7, 11) is 0. The Morgan fingerprint density at radius 3 is 2.65 bits per heavy atom. The maximum Gasteiger partial charge on any atom is 0.265 e. The molecule has 0 aromatic heterocycles. The number of hydrogen-bond donors (Lipinski definition) is 2. The summed E-state index contributed by atoms with van der Waals surface area (Å²) in [5, 5.41) is 5.59. The van der Waals surface area contributed by atoms with E-state index >= 15 is 0 Å². The first-order chi connectivity index (χ1) is 11.1. The fourth-order valence-electron chi connectivity index (χ4n) is 2.43. The van der Waals surface area contributed by atoms with Crippen LogP contribution < -0.4 is 15.4 Å². The molecule has 1 aliphatic heterocycles. The highest BCUT2D eigenvalue weighted by Gasteiger charge is 2.27. The van der Waals surface area contributed by atoms with Gasteiger partial charge in [-0.1, -0.05) is 25.1 Å². The van der Waals surface area contributed by atoms with Crippen molar-refractivity contribution in [2.24, 2.45) is 0 Å². The first kappa shape index (κ1) is 15.1. The van der Waals surface area contributed by atoms with Gasteiger partial charge in [-0.3, -0.25) is 9.59 Å². The van der Waals surface area contributed by atoms with Gasteiger partial charge in [-0.2, -0.15) is 0 Å². The predicted molar refractivity (Wildman–Crippen MR) is 88.9 cm³/mol. The highest BCUT2D eigenvalue weighted by molar-refractivity contribution is 6.09. The number of ether oxygens (including phenoxy) is 1. The summed E-state index contributed by atoms with van der Waals surface area (Å²) >= 11 is 0. The van der Waals surface area contributed by atoms with Gasteiger partial charge in [0.1, 0.15) is 0 Å². The van der Waals surface area contributed by atoms with E-state index in [4.69, 9.17) is 4.74 Å². The Morgan fingerprint density at radius 1 is 1.22 bits per heavy atom. The number of fused-ring (bicyclic) bond motifs is 1. The van der Waals surface area contributed by atoms with E-state index in [1.165, 1.54) is 5.56 Å². The zero-order valence-corrected chi connectivity index (χ0v) is 13.1. The van der Waals surface area contributed by atoms with Gasteiger partial charge in [0.25, 0.3) is 11.8 Å². The van der Waals surface area contributed by atoms with Crippen molar-refractivity contribution >= 4 is 23.2 Å². The van der Waals surface area contributed by atoms with Crippen LogP contribution in [0.4, 0.5) is 11.4 Å². The lowest BCUT2D eigenvalue weighted by molar-refractivity contribution is -0.122. The highest BCUT2D eigenvalue weighted by Crippen LogP contribution is 2.33. The normalized spacial score (nSPS) is 16.1. The van der Waals surface area contributed by atoms with Crippen LogP contribution in [0.5, 0.6) is 5.75 Å². The van der Waals surface area contributed by atoms with Crippen LogP contribution >= 0.6 is 0 Å². The Kier molecular flexibility index (Phi) is 4.02. The number of anilines is 2. The van der Waals surface area contributed by atoms with E-state index in [0.29, 0.717) is 17.0 Å². The molecule has 0 fully saturated rings. The number of aryl methyl sites for hydroxylation is 1. The zero-order chi connectivity index (χ0) is 16.4. The zero-order valence-electron chi connectivity index (χ0n) is 13.1. The number of para-hydroxylation sites is 1. The van der Waals surface area contributed by atoms with Gasteiger partial charge in [0.15, 0.2) is 11.9 Å². The molecular formula is C18H18N2O3. The summed E-state index contributed by atoms with van der Waals surface area (Å²) in [5.41, 5.74) is 2.84. The minimum atomic E-state index is -0.625. The van der Waals surface area contributed by atoms with Crippen LogP contribution in [0.2, 0.25) is 0 Å². The Bertz CT molecular complexity index is 753. The molecular weight excluding hydrogens is 292 g/mol. The van der Waals surface area contributed by atoms with Gasteiger partial charge >= 0.3 is 0 Å². The van der Waals surface area contributed by atoms with E-state index in [9.17, 15) is 9.59 Å². The minimum Gasteiger partial charge on any atom is -0.478 e. The first-order valence-electron chi connectivity index (χ1n) is 7.59. The molecule has 23 heavy (non-hydrogen) atoms. The molecule has 1 aliphatic rings. The first-order valence-corrected chi connectivity index (χ1v) is 7.59. The van der Waals surface area contributed by atoms with Crippen LogP contribution in [0.1, 0.15) is 29.8 Å². The van der Waals surface area contributed by atoms with E-state index < -0.39 is 6.10 Å². The molecule has 3 rings (SSSR count). The summed E-state index contributed by atoms with van der Waals surface area (Å²) in [6.07, 6.45) is 0.326. The SMILES string of the molecule is CCc1ccc(NC(=O)c2cccc3c2OC(C)C(=O)N3)cc1. The fourth-order valence-corrected chi connectivity index (χ4v) is 2.43. The van der Waals surface area contributed by atoms with Crippen molar-refractivity contribution in [3.63, 3.8) is 0 Å². The molecule has 118 valence electrons. The number of benzene rings is 2. The third kappa shape index (κ3) is 3.04. The average molecular weight is 310 g/mol. The number of nitrogens with one attached hydrogen (secondary N) is 2. The Hall–Kier alpha value is -2.82. The van der Waals surface area contributed by atoms with Gasteiger partial charge in [0.05, 0.1) is 11.3 Å². The monoisotopic (exact) mass is 310 g/mol. The summed E-state index contributed by atoms with van der Waals surface area (Å²) in [5.74, 6) is -0.0815. The smallest absolute Gasteiger partial charge is 0.265 e. The molecule has 1 atom stereocenters. The largest absolute Gasteiger partial charge is 0.478 e. The molecule has 1 unspecified atom stereocenters. The van der Waals surface area contributed by atoms with Gasteiger partial charge in [0.2, 0.25) is 0 Å². The van der Waals surface area contributed by atoms with Gasteiger partial charge in [0, 0.05) is 5.69 Å². The maximum absolute atomic E-state index is 12.5. The molecule has 0 saturated carbocycles. The van der Waals surface area contributed by atoms with Crippen molar-refractivity contribution in [1.82, 2.24) is 0 Å². The average Bonchev–Trinajstić information content (AvgIpc) is 2.56. The molecule has 2 amide bonds. The van der Waals surface area contributed by atoms with Crippen LogP contribution in [0.25, 0.3) is 0 Å². The molecule has 0 aliphatic carbocycles. The summed E-state index contributed by atoms with van der Waals surface area (Å²) < 4.78 is 5.60. The number of carbonyl (C=O) groups excluding carboxylic acids is 2. The van der Waals surface area contributed by atoms with E-state index in [2.05, 4.69) is 17.6 Å². The van der Waals surface area contributed by atoms with Crippen LogP contribution in [0, 0.1) is 0 Å². The topological polar surface area (TPSA) is 67.4 Å². The van der Waals surface area contributed by atoms with E-state index in [-0.39, 0.29) is 11.8 Å². The Morgan fingerprint density at radius 2 is 1.96 bits per heavy atom. The van der Waals surface area contributed by atoms with Crippen molar-refractivity contribution in [1.29, 1.82) is 0 Å². The molecule has 0 spiro atoms. The quantitative estimate of drug-likeness (QED) is 0.914. The molecule has 2 aromatic carbocycles. The third-order valence-corrected chi connectivity index (χ3v) is 3.80. The highest BCUT2D eigenvalue weighted by atomic mass is 16.5. The lowest BCUT2D eigenvalue weighted by Gasteiger charge is -2.25. The molecule has 0 radical (unpaired) electrons. The number of amides is 2. The molecule has 2 aromatic rings. The molecule has 5 nitrogen and oxygen atoms in total. The summed E-state index contributed by atoms with van der Waals surface area (Å²) in [6, 6.07) is 12.8. The van der Waals surface area contributed by atoms with Crippen molar-refractivity contribution in [3.05, 3.63) is 53.6 Å². The van der Waals surface area contributed by atoms with Gasteiger partial charge in [-0.25, -0.2) is 0 Å². The van der Waals surface area contributed by atoms with E-state index in [1.807, 2.05) is 24.3 Å². The molecule has 0 saturated heterocycles. The maximum atomic E-state index is 12.5. The second-order valence-electron chi connectivity index (χ2n) is 5.44. The number of carbonyl (C=O) groups is 2. The second-order valence-corrected chi connectivity index (χ2v) is 5.44. The molecule has 1 heterocycles. The Labute approximate surface area is 134 Å². The van der Waals surface area contributed by atoms with Gasteiger partial charge in [-0.05, 0) is 43.2 Å². The lowest BCUT2D eigenvalue weighted by atomic mass is 10.1. The molecule has 0 bridgehead atoms. The van der Waals surface area contributed by atoms with Crippen molar-refractivity contribution in [2.45, 2.75) is 26.4 Å².